The molecule has 1 N–H and O–H groups in total. The minimum absolute atomic E-state index is 0.190. The van der Waals surface area contributed by atoms with Crippen molar-refractivity contribution in [1.29, 1.82) is 0 Å². The van der Waals surface area contributed by atoms with Crippen LogP contribution in [0.4, 0.5) is 5.13 Å². The molecule has 0 aliphatic rings. The molecule has 0 fully saturated rings. The number of hydrogen-bond acceptors (Lipinski definition) is 6. The summed E-state index contributed by atoms with van der Waals surface area (Å²) >= 11 is 1.31. The first-order valence-electron chi connectivity index (χ1n) is 8.77. The van der Waals surface area contributed by atoms with Gasteiger partial charge in [-0.15, -0.1) is 0 Å². The molecule has 0 atom stereocenters. The molecule has 0 aliphatic carbocycles. The van der Waals surface area contributed by atoms with Gasteiger partial charge in [-0.3, -0.25) is 10.1 Å². The van der Waals surface area contributed by atoms with Gasteiger partial charge in [0.2, 0.25) is 5.82 Å². The topological polar surface area (TPSA) is 80.9 Å². The molecule has 2 heterocycles. The Hall–Kier alpha value is -3.32. The van der Waals surface area contributed by atoms with Crippen molar-refractivity contribution >= 4 is 22.4 Å². The first kappa shape index (κ1) is 18.1. The van der Waals surface area contributed by atoms with E-state index in [1.165, 1.54) is 11.3 Å². The van der Waals surface area contributed by atoms with E-state index in [4.69, 9.17) is 4.52 Å². The molecule has 0 saturated heterocycles. The molecule has 0 unspecified atom stereocenters. The minimum Gasteiger partial charge on any atom is -0.333 e. The van der Waals surface area contributed by atoms with E-state index in [9.17, 15) is 4.79 Å². The predicted molar refractivity (Wildman–Crippen MR) is 109 cm³/mol. The van der Waals surface area contributed by atoms with Crippen LogP contribution < -0.4 is 5.32 Å². The number of aryl methyl sites for hydroxylation is 3. The Bertz CT molecular complexity index is 1160. The van der Waals surface area contributed by atoms with Gasteiger partial charge in [0, 0.05) is 11.1 Å². The third-order valence-corrected chi connectivity index (χ3v) is 5.36. The lowest BCUT2D eigenvalue weighted by molar-refractivity contribution is 0.102. The van der Waals surface area contributed by atoms with Gasteiger partial charge < -0.3 is 4.52 Å². The summed E-state index contributed by atoms with van der Waals surface area (Å²) in [4.78, 5) is 22.2. The van der Waals surface area contributed by atoms with Crippen molar-refractivity contribution < 1.29 is 9.32 Å². The Balaban J connectivity index is 1.58. The number of carbonyl (C=O) groups excluding carboxylic acids is 1. The molecule has 6 nitrogen and oxygen atoms in total. The molecule has 140 valence electrons. The normalized spacial score (nSPS) is 10.8. The van der Waals surface area contributed by atoms with Crippen molar-refractivity contribution in [1.82, 2.24) is 15.1 Å². The van der Waals surface area contributed by atoms with E-state index in [1.54, 1.807) is 6.07 Å². The average Bonchev–Trinajstić information content (AvgIpc) is 3.28. The Morgan fingerprint density at radius 3 is 2.64 bits per heavy atom. The van der Waals surface area contributed by atoms with E-state index >= 15 is 0 Å². The van der Waals surface area contributed by atoms with Gasteiger partial charge >= 0.3 is 0 Å². The van der Waals surface area contributed by atoms with Gasteiger partial charge in [0.15, 0.2) is 5.13 Å². The number of amides is 1. The summed E-state index contributed by atoms with van der Waals surface area (Å²) in [5, 5.41) is 7.43. The van der Waals surface area contributed by atoms with Crippen molar-refractivity contribution in [3.05, 3.63) is 70.9 Å². The zero-order chi connectivity index (χ0) is 19.7. The van der Waals surface area contributed by atoms with E-state index in [0.29, 0.717) is 22.4 Å². The fraction of sp³-hybridized carbons (Fsp3) is 0.143. The fourth-order valence-corrected chi connectivity index (χ4v) is 3.74. The van der Waals surface area contributed by atoms with Gasteiger partial charge in [0.05, 0.1) is 5.69 Å². The van der Waals surface area contributed by atoms with Crippen LogP contribution in [0.5, 0.6) is 0 Å². The minimum atomic E-state index is -0.190. The monoisotopic (exact) mass is 390 g/mol. The van der Waals surface area contributed by atoms with Gasteiger partial charge in [-0.1, -0.05) is 58.5 Å². The van der Waals surface area contributed by atoms with Gasteiger partial charge in [-0.2, -0.15) is 4.98 Å². The van der Waals surface area contributed by atoms with Crippen LogP contribution in [0.2, 0.25) is 0 Å². The van der Waals surface area contributed by atoms with Crippen LogP contribution >= 0.6 is 11.3 Å². The number of benzene rings is 2. The maximum atomic E-state index is 12.5. The highest BCUT2D eigenvalue weighted by Gasteiger charge is 2.19. The third kappa shape index (κ3) is 3.57. The molecule has 0 saturated carbocycles. The van der Waals surface area contributed by atoms with Crippen LogP contribution in [-0.4, -0.2) is 21.0 Å². The second-order valence-corrected chi connectivity index (χ2v) is 7.49. The van der Waals surface area contributed by atoms with E-state index in [2.05, 4.69) is 20.4 Å². The molecule has 0 radical (unpaired) electrons. The van der Waals surface area contributed by atoms with Gasteiger partial charge in [0.25, 0.3) is 11.8 Å². The molecule has 2 aromatic heterocycles. The van der Waals surface area contributed by atoms with Crippen LogP contribution in [0.15, 0.2) is 53.1 Å². The summed E-state index contributed by atoms with van der Waals surface area (Å²) in [6.07, 6.45) is 0. The van der Waals surface area contributed by atoms with Crippen molar-refractivity contribution in [3.63, 3.8) is 0 Å². The lowest BCUT2D eigenvalue weighted by Crippen LogP contribution is -2.12. The Labute approximate surface area is 166 Å². The number of nitrogens with zero attached hydrogens (tertiary/aromatic N) is 3. The lowest BCUT2D eigenvalue weighted by atomic mass is 10.1. The van der Waals surface area contributed by atoms with Crippen LogP contribution in [-0.2, 0) is 0 Å². The Kier molecular flexibility index (Phi) is 4.75. The van der Waals surface area contributed by atoms with Crippen molar-refractivity contribution in [2.24, 2.45) is 0 Å². The quantitative estimate of drug-likeness (QED) is 0.528. The van der Waals surface area contributed by atoms with Gasteiger partial charge in [-0.25, -0.2) is 4.98 Å². The summed E-state index contributed by atoms with van der Waals surface area (Å²) < 4.78 is 5.44. The highest BCUT2D eigenvalue weighted by molar-refractivity contribution is 7.19. The SMILES string of the molecule is Cc1cccc(-c2noc(-c3sc(NC(=O)c4ccccc4C)nc3C)n2)c1. The number of hydrogen-bond donors (Lipinski definition) is 1. The van der Waals surface area contributed by atoms with Gasteiger partial charge in [-0.05, 0) is 38.5 Å². The highest BCUT2D eigenvalue weighted by atomic mass is 32.1. The predicted octanol–water partition coefficient (Wildman–Crippen LogP) is 5.04. The van der Waals surface area contributed by atoms with E-state index < -0.39 is 0 Å². The van der Waals surface area contributed by atoms with Crippen LogP contribution in [0.1, 0.15) is 27.2 Å². The van der Waals surface area contributed by atoms with Crippen LogP contribution in [0, 0.1) is 20.8 Å². The number of thiazole rings is 1. The Morgan fingerprint density at radius 1 is 1.04 bits per heavy atom. The van der Waals surface area contributed by atoms with E-state index in [0.717, 1.165) is 27.3 Å². The molecule has 7 heteroatoms. The maximum Gasteiger partial charge on any atom is 0.270 e. The van der Waals surface area contributed by atoms with Crippen molar-refractivity contribution in [2.75, 3.05) is 5.32 Å². The molecule has 4 aromatic rings. The average molecular weight is 390 g/mol. The summed E-state index contributed by atoms with van der Waals surface area (Å²) in [7, 11) is 0. The van der Waals surface area contributed by atoms with Crippen molar-refractivity contribution in [2.45, 2.75) is 20.8 Å². The number of aromatic nitrogens is 3. The summed E-state index contributed by atoms with van der Waals surface area (Å²) in [6.45, 7) is 5.77. The standard InChI is InChI=1S/C21H18N4O2S/c1-12-7-6-9-15(11-12)18-23-20(27-25-18)17-14(3)22-21(28-17)24-19(26)16-10-5-4-8-13(16)2/h4-11H,1-3H3,(H,22,24,26). The second-order valence-electron chi connectivity index (χ2n) is 6.50. The molecule has 2 aromatic carbocycles. The largest absolute Gasteiger partial charge is 0.333 e. The Morgan fingerprint density at radius 2 is 1.86 bits per heavy atom. The summed E-state index contributed by atoms with van der Waals surface area (Å²) in [5.74, 6) is 0.726. The molecular formula is C21H18N4O2S. The zero-order valence-corrected chi connectivity index (χ0v) is 16.5. The molecule has 0 spiro atoms. The molecule has 4 rings (SSSR count). The van der Waals surface area contributed by atoms with E-state index in [1.807, 2.05) is 63.2 Å². The highest BCUT2D eigenvalue weighted by Crippen LogP contribution is 2.33. The van der Waals surface area contributed by atoms with Gasteiger partial charge in [0.1, 0.15) is 4.88 Å². The van der Waals surface area contributed by atoms with Crippen molar-refractivity contribution in [3.8, 4) is 22.2 Å². The first-order chi connectivity index (χ1) is 13.5. The lowest BCUT2D eigenvalue weighted by Gasteiger charge is -2.04. The van der Waals surface area contributed by atoms with E-state index in [-0.39, 0.29) is 5.91 Å². The first-order valence-corrected chi connectivity index (χ1v) is 9.58. The molecule has 0 bridgehead atoms. The maximum absolute atomic E-state index is 12.5. The van der Waals surface area contributed by atoms with Crippen LogP contribution in [0.3, 0.4) is 0 Å². The number of carbonyl (C=O) groups is 1. The summed E-state index contributed by atoms with van der Waals surface area (Å²) in [6, 6.07) is 15.3. The van der Waals surface area contributed by atoms with Crippen LogP contribution in [0.25, 0.3) is 22.2 Å². The molecule has 0 aliphatic heterocycles. The molecular weight excluding hydrogens is 372 g/mol. The third-order valence-electron chi connectivity index (χ3n) is 4.30. The second kappa shape index (κ2) is 7.36. The zero-order valence-electron chi connectivity index (χ0n) is 15.7. The molecule has 28 heavy (non-hydrogen) atoms. The number of rotatable bonds is 4. The summed E-state index contributed by atoms with van der Waals surface area (Å²) in [5.41, 5.74) is 4.28. The smallest absolute Gasteiger partial charge is 0.270 e. The number of nitrogens with one attached hydrogen (secondary N) is 1. The molecule has 1 amide bonds. The fourth-order valence-electron chi connectivity index (χ4n) is 2.86. The number of anilines is 1.